The van der Waals surface area contributed by atoms with Crippen molar-refractivity contribution in [3.63, 3.8) is 0 Å². The number of rotatable bonds is 8. The SMILES string of the molecule is CNc1ccc(C2CN(c3ncc4sc(CCN(C)c5ncc(C(=O)NO)cn5)cc4n3)CCO2)cn1. The lowest BCUT2D eigenvalue weighted by Gasteiger charge is -2.33. The van der Waals surface area contributed by atoms with Gasteiger partial charge in [-0.25, -0.2) is 30.4 Å². The number of hydrogen-bond acceptors (Lipinski definition) is 12. The highest BCUT2D eigenvalue weighted by Crippen LogP contribution is 2.28. The molecule has 12 nitrogen and oxygen atoms in total. The van der Waals surface area contributed by atoms with Crippen molar-refractivity contribution in [2.75, 3.05) is 55.5 Å². The van der Waals surface area contributed by atoms with Gasteiger partial charge >= 0.3 is 0 Å². The fraction of sp³-hybridized carbons (Fsp3) is 0.333. The number of likely N-dealkylation sites (N-methyl/N-ethyl adjacent to an activating group) is 1. The Morgan fingerprint density at radius 1 is 1.22 bits per heavy atom. The number of aromatic nitrogens is 5. The number of amides is 1. The Morgan fingerprint density at radius 2 is 2.05 bits per heavy atom. The molecule has 1 saturated heterocycles. The van der Waals surface area contributed by atoms with Gasteiger partial charge < -0.3 is 19.9 Å². The van der Waals surface area contributed by atoms with Crippen LogP contribution in [-0.2, 0) is 11.2 Å². The van der Waals surface area contributed by atoms with Crippen LogP contribution in [0.4, 0.5) is 17.7 Å². The fourth-order valence-electron chi connectivity index (χ4n) is 4.01. The lowest BCUT2D eigenvalue weighted by molar-refractivity contribution is 0.0390. The van der Waals surface area contributed by atoms with Gasteiger partial charge in [0.15, 0.2) is 0 Å². The molecule has 0 aliphatic carbocycles. The summed E-state index contributed by atoms with van der Waals surface area (Å²) in [4.78, 5) is 39.0. The van der Waals surface area contributed by atoms with Crippen LogP contribution in [-0.4, -0.2) is 76.4 Å². The first kappa shape index (κ1) is 24.7. The third-order valence-electron chi connectivity index (χ3n) is 6.11. The molecule has 1 aliphatic rings. The second-order valence-corrected chi connectivity index (χ2v) is 9.72. The third kappa shape index (κ3) is 5.58. The van der Waals surface area contributed by atoms with Crippen LogP contribution in [0.3, 0.4) is 0 Å². The quantitative estimate of drug-likeness (QED) is 0.232. The summed E-state index contributed by atoms with van der Waals surface area (Å²) < 4.78 is 7.03. The molecule has 1 aliphatic heterocycles. The average Bonchev–Trinajstić information content (AvgIpc) is 3.38. The molecule has 0 saturated carbocycles. The molecule has 0 aromatic carbocycles. The molecule has 1 atom stereocenters. The number of morpholine rings is 1. The summed E-state index contributed by atoms with van der Waals surface area (Å²) in [6, 6.07) is 6.08. The maximum Gasteiger partial charge on any atom is 0.277 e. The minimum Gasteiger partial charge on any atom is -0.373 e. The van der Waals surface area contributed by atoms with Crippen LogP contribution in [0.25, 0.3) is 10.2 Å². The summed E-state index contributed by atoms with van der Waals surface area (Å²) in [5, 5.41) is 11.7. The van der Waals surface area contributed by atoms with Crippen molar-refractivity contribution in [3.8, 4) is 0 Å². The van der Waals surface area contributed by atoms with Gasteiger partial charge in [0.05, 0.1) is 35.1 Å². The molecule has 4 aromatic rings. The van der Waals surface area contributed by atoms with Crippen LogP contribution in [0, 0.1) is 0 Å². The van der Waals surface area contributed by atoms with Gasteiger partial charge in [-0.1, -0.05) is 6.07 Å². The van der Waals surface area contributed by atoms with E-state index in [1.807, 2.05) is 43.5 Å². The molecule has 5 heterocycles. The highest BCUT2D eigenvalue weighted by Gasteiger charge is 2.24. The zero-order valence-electron chi connectivity index (χ0n) is 20.5. The topological polar surface area (TPSA) is 142 Å². The predicted octanol–water partition coefficient (Wildman–Crippen LogP) is 2.29. The molecule has 192 valence electrons. The van der Waals surface area contributed by atoms with E-state index in [1.54, 1.807) is 16.8 Å². The van der Waals surface area contributed by atoms with Crippen LogP contribution >= 0.6 is 11.3 Å². The van der Waals surface area contributed by atoms with E-state index in [1.165, 1.54) is 17.3 Å². The Kier molecular flexibility index (Phi) is 7.35. The maximum atomic E-state index is 11.4. The third-order valence-corrected chi connectivity index (χ3v) is 7.23. The van der Waals surface area contributed by atoms with Gasteiger partial charge in [-0.3, -0.25) is 10.0 Å². The molecule has 5 rings (SSSR count). The first-order valence-corrected chi connectivity index (χ1v) is 12.6. The van der Waals surface area contributed by atoms with Crippen LogP contribution in [0.2, 0.25) is 0 Å². The molecule has 1 fully saturated rings. The average molecular weight is 522 g/mol. The molecule has 0 radical (unpaired) electrons. The van der Waals surface area contributed by atoms with Crippen molar-refractivity contribution in [1.29, 1.82) is 0 Å². The molecular formula is C24H27N9O3S. The summed E-state index contributed by atoms with van der Waals surface area (Å²) in [6.45, 7) is 2.66. The van der Waals surface area contributed by atoms with Crippen LogP contribution in [0.1, 0.15) is 26.9 Å². The molecule has 0 bridgehead atoms. The lowest BCUT2D eigenvalue weighted by atomic mass is 10.1. The molecule has 37 heavy (non-hydrogen) atoms. The Balaban J connectivity index is 1.23. The van der Waals surface area contributed by atoms with E-state index in [0.29, 0.717) is 31.6 Å². The van der Waals surface area contributed by atoms with E-state index >= 15 is 0 Å². The summed E-state index contributed by atoms with van der Waals surface area (Å²) >= 11 is 1.67. The summed E-state index contributed by atoms with van der Waals surface area (Å²) in [5.41, 5.74) is 3.71. The second kappa shape index (κ2) is 11.0. The second-order valence-electron chi connectivity index (χ2n) is 8.55. The molecule has 0 spiro atoms. The normalized spacial score (nSPS) is 15.5. The van der Waals surface area contributed by atoms with Crippen molar-refractivity contribution in [2.24, 2.45) is 0 Å². The van der Waals surface area contributed by atoms with Gasteiger partial charge in [0.25, 0.3) is 5.91 Å². The van der Waals surface area contributed by atoms with E-state index in [0.717, 1.165) is 34.6 Å². The van der Waals surface area contributed by atoms with Gasteiger partial charge in [0.1, 0.15) is 11.9 Å². The van der Waals surface area contributed by atoms with E-state index in [4.69, 9.17) is 14.9 Å². The monoisotopic (exact) mass is 521 g/mol. The standard InChI is InChI=1S/C24H27N9O3S/c1-25-21-4-3-15(10-26-21)19-14-33(7-8-36-19)24-29-13-20-18(30-24)9-17(37-20)5-6-32(2)23-27-11-16(12-28-23)22(34)31-35/h3-4,9-13,19,35H,5-8,14H2,1-2H3,(H,25,26)(H,31,34). The Labute approximate surface area is 217 Å². The van der Waals surface area contributed by atoms with Gasteiger partial charge in [-0.2, -0.15) is 0 Å². The van der Waals surface area contributed by atoms with Gasteiger partial charge in [0.2, 0.25) is 11.9 Å². The summed E-state index contributed by atoms with van der Waals surface area (Å²) in [6.07, 6.45) is 7.18. The number of ether oxygens (including phenoxy) is 1. The van der Waals surface area contributed by atoms with Crippen molar-refractivity contribution < 1.29 is 14.7 Å². The number of hydrogen-bond donors (Lipinski definition) is 3. The molecule has 1 amide bonds. The van der Waals surface area contributed by atoms with E-state index in [9.17, 15) is 4.79 Å². The Morgan fingerprint density at radius 3 is 2.78 bits per heavy atom. The maximum absolute atomic E-state index is 11.4. The van der Waals surface area contributed by atoms with Crippen LogP contribution in [0.5, 0.6) is 0 Å². The number of carbonyl (C=O) groups excluding carboxylic acids is 1. The molecule has 13 heteroatoms. The van der Waals surface area contributed by atoms with Crippen molar-refractivity contribution in [1.82, 2.24) is 30.4 Å². The number of thiophene rings is 1. The van der Waals surface area contributed by atoms with Crippen LogP contribution in [0.15, 0.2) is 43.0 Å². The van der Waals surface area contributed by atoms with E-state index in [2.05, 4.69) is 36.2 Å². The van der Waals surface area contributed by atoms with Crippen molar-refractivity contribution in [2.45, 2.75) is 12.5 Å². The predicted molar refractivity (Wildman–Crippen MR) is 140 cm³/mol. The largest absolute Gasteiger partial charge is 0.373 e. The van der Waals surface area contributed by atoms with Crippen molar-refractivity contribution >= 4 is 45.2 Å². The Bertz CT molecular complexity index is 1360. The number of pyridine rings is 1. The fourth-order valence-corrected chi connectivity index (χ4v) is 4.97. The smallest absolute Gasteiger partial charge is 0.277 e. The molecule has 1 unspecified atom stereocenters. The first-order chi connectivity index (χ1) is 18.0. The number of hydroxylamine groups is 1. The molecular weight excluding hydrogens is 494 g/mol. The minimum absolute atomic E-state index is 0.0886. The highest BCUT2D eigenvalue weighted by atomic mass is 32.1. The minimum atomic E-state index is -0.646. The zero-order valence-corrected chi connectivity index (χ0v) is 21.3. The highest BCUT2D eigenvalue weighted by molar-refractivity contribution is 7.18. The molecule has 3 N–H and O–H groups in total. The number of anilines is 3. The lowest BCUT2D eigenvalue weighted by Crippen LogP contribution is -2.39. The number of fused-ring (bicyclic) bond motifs is 1. The summed E-state index contributed by atoms with van der Waals surface area (Å²) in [7, 11) is 3.74. The number of nitrogens with zero attached hydrogens (tertiary/aromatic N) is 7. The zero-order chi connectivity index (χ0) is 25.8. The van der Waals surface area contributed by atoms with Crippen molar-refractivity contribution in [3.05, 3.63) is 59.0 Å². The number of carbonyl (C=O) groups is 1. The van der Waals surface area contributed by atoms with Gasteiger partial charge in [-0.05, 0) is 18.6 Å². The van der Waals surface area contributed by atoms with E-state index < -0.39 is 5.91 Å². The van der Waals surface area contributed by atoms with E-state index in [-0.39, 0.29) is 11.7 Å². The first-order valence-electron chi connectivity index (χ1n) is 11.8. The summed E-state index contributed by atoms with van der Waals surface area (Å²) in [5.74, 6) is 1.37. The number of nitrogens with one attached hydrogen (secondary N) is 2. The van der Waals surface area contributed by atoms with Gasteiger partial charge in [0, 0.05) is 56.2 Å². The Hall–Kier alpha value is -3.94. The molecule has 4 aromatic heterocycles. The van der Waals surface area contributed by atoms with Gasteiger partial charge in [-0.15, -0.1) is 11.3 Å². The van der Waals surface area contributed by atoms with Crippen LogP contribution < -0.4 is 20.6 Å².